The van der Waals surface area contributed by atoms with Gasteiger partial charge in [0.2, 0.25) is 0 Å². The van der Waals surface area contributed by atoms with E-state index in [0.717, 1.165) is 19.6 Å². The molecule has 0 aromatic heterocycles. The van der Waals surface area contributed by atoms with Crippen LogP contribution in [0.2, 0.25) is 5.02 Å². The highest BCUT2D eigenvalue weighted by atomic mass is 35.5. The molecule has 2 N–H and O–H groups in total. The van der Waals surface area contributed by atoms with E-state index in [1.807, 2.05) is 0 Å². The number of halogens is 2. The van der Waals surface area contributed by atoms with E-state index in [0.29, 0.717) is 25.2 Å². The van der Waals surface area contributed by atoms with Crippen molar-refractivity contribution in [2.45, 2.75) is 12.5 Å². The van der Waals surface area contributed by atoms with Crippen molar-refractivity contribution in [1.29, 1.82) is 0 Å². The smallest absolute Gasteiger partial charge is 0.295 e. The molecule has 1 unspecified atom stereocenters. The van der Waals surface area contributed by atoms with E-state index >= 15 is 0 Å². The van der Waals surface area contributed by atoms with E-state index in [4.69, 9.17) is 16.3 Å². The SMILES string of the molecule is O=C1C(=O)N(CCCN2CCOCC2)C(c2ccc(F)cc2)/C1=C(\O)c1cc(Cl)ccc1O. The Balaban J connectivity index is 1.70. The standard InChI is InChI=1S/C24H24ClFN2O5/c25-16-4-7-19(29)18(14-16)22(30)20-21(15-2-5-17(26)6-3-15)28(24(32)23(20)31)9-1-8-27-10-12-33-13-11-27/h2-7,14,21,29-30H,1,8-13H2/b22-20+. The number of ketones is 1. The molecule has 9 heteroatoms. The fourth-order valence-corrected chi connectivity index (χ4v) is 4.41. The summed E-state index contributed by atoms with van der Waals surface area (Å²) >= 11 is 6.01. The van der Waals surface area contributed by atoms with Crippen LogP contribution >= 0.6 is 11.6 Å². The van der Waals surface area contributed by atoms with Gasteiger partial charge in [-0.25, -0.2) is 4.39 Å². The highest BCUT2D eigenvalue weighted by molar-refractivity contribution is 6.46. The van der Waals surface area contributed by atoms with Crippen LogP contribution < -0.4 is 0 Å². The number of aromatic hydroxyl groups is 1. The number of rotatable bonds is 6. The second kappa shape index (κ2) is 9.91. The Morgan fingerprint density at radius 2 is 1.79 bits per heavy atom. The van der Waals surface area contributed by atoms with Gasteiger partial charge in [0.1, 0.15) is 17.3 Å². The first-order valence-electron chi connectivity index (χ1n) is 10.7. The van der Waals surface area contributed by atoms with Gasteiger partial charge in [-0.2, -0.15) is 0 Å². The molecule has 0 aliphatic carbocycles. The zero-order chi connectivity index (χ0) is 23.5. The molecule has 2 fully saturated rings. The molecular weight excluding hydrogens is 451 g/mol. The van der Waals surface area contributed by atoms with Crippen LogP contribution in [0.4, 0.5) is 4.39 Å². The Kier molecular flexibility index (Phi) is 6.97. The summed E-state index contributed by atoms with van der Waals surface area (Å²) in [5.74, 6) is -2.90. The molecule has 174 valence electrons. The van der Waals surface area contributed by atoms with Crippen LogP contribution in [-0.4, -0.2) is 71.1 Å². The van der Waals surface area contributed by atoms with Crippen molar-refractivity contribution in [3.8, 4) is 5.75 Å². The summed E-state index contributed by atoms with van der Waals surface area (Å²) in [6.07, 6.45) is 0.604. The number of carbonyl (C=O) groups excluding carboxylic acids is 2. The van der Waals surface area contributed by atoms with Crippen LogP contribution in [0, 0.1) is 5.82 Å². The van der Waals surface area contributed by atoms with Gasteiger partial charge in [0.25, 0.3) is 11.7 Å². The normalized spacial score (nSPS) is 21.0. The van der Waals surface area contributed by atoms with E-state index < -0.39 is 29.3 Å². The van der Waals surface area contributed by atoms with Crippen LogP contribution in [-0.2, 0) is 14.3 Å². The van der Waals surface area contributed by atoms with Crippen molar-refractivity contribution < 1.29 is 28.9 Å². The minimum absolute atomic E-state index is 0.0547. The molecule has 2 heterocycles. The van der Waals surface area contributed by atoms with Gasteiger partial charge in [-0.15, -0.1) is 0 Å². The molecule has 0 saturated carbocycles. The molecule has 2 aromatic rings. The maximum absolute atomic E-state index is 13.6. The van der Waals surface area contributed by atoms with Crippen molar-refractivity contribution in [1.82, 2.24) is 9.80 Å². The lowest BCUT2D eigenvalue weighted by Crippen LogP contribution is -2.38. The third-order valence-corrected chi connectivity index (χ3v) is 6.15. The largest absolute Gasteiger partial charge is 0.507 e. The monoisotopic (exact) mass is 474 g/mol. The molecule has 33 heavy (non-hydrogen) atoms. The molecule has 4 rings (SSSR count). The Morgan fingerprint density at radius 1 is 1.09 bits per heavy atom. The summed E-state index contributed by atoms with van der Waals surface area (Å²) in [4.78, 5) is 29.6. The second-order valence-corrected chi connectivity index (χ2v) is 8.45. The maximum Gasteiger partial charge on any atom is 0.295 e. The Morgan fingerprint density at radius 3 is 2.48 bits per heavy atom. The van der Waals surface area contributed by atoms with E-state index in [1.165, 1.54) is 47.4 Å². The van der Waals surface area contributed by atoms with Crippen LogP contribution in [0.1, 0.15) is 23.6 Å². The van der Waals surface area contributed by atoms with Gasteiger partial charge < -0.3 is 19.8 Å². The summed E-state index contributed by atoms with van der Waals surface area (Å²) in [6, 6.07) is 8.56. The Labute approximate surface area is 195 Å². The number of likely N-dealkylation sites (tertiary alicyclic amines) is 1. The van der Waals surface area contributed by atoms with Crippen LogP contribution in [0.3, 0.4) is 0 Å². The van der Waals surface area contributed by atoms with Gasteiger partial charge in [0.05, 0.1) is 30.4 Å². The van der Waals surface area contributed by atoms with Gasteiger partial charge in [-0.1, -0.05) is 23.7 Å². The average Bonchev–Trinajstić information content (AvgIpc) is 3.06. The molecular formula is C24H24ClFN2O5. The highest BCUT2D eigenvalue weighted by Gasteiger charge is 2.46. The number of amides is 1. The van der Waals surface area contributed by atoms with Crippen molar-refractivity contribution in [2.24, 2.45) is 0 Å². The molecule has 1 amide bonds. The van der Waals surface area contributed by atoms with E-state index in [1.54, 1.807) is 0 Å². The fraction of sp³-hybridized carbons (Fsp3) is 0.333. The van der Waals surface area contributed by atoms with Crippen molar-refractivity contribution in [3.05, 3.63) is 70.0 Å². The van der Waals surface area contributed by atoms with Gasteiger partial charge >= 0.3 is 0 Å². The second-order valence-electron chi connectivity index (χ2n) is 8.01. The molecule has 2 aromatic carbocycles. The first kappa shape index (κ1) is 23.2. The summed E-state index contributed by atoms with van der Waals surface area (Å²) in [5, 5.41) is 21.5. The summed E-state index contributed by atoms with van der Waals surface area (Å²) in [5.41, 5.74) is 0.251. The molecule has 2 aliphatic heterocycles. The van der Waals surface area contributed by atoms with E-state index in [2.05, 4.69) is 4.90 Å². The minimum Gasteiger partial charge on any atom is -0.507 e. The molecule has 2 saturated heterocycles. The number of nitrogens with zero attached hydrogens (tertiary/aromatic N) is 2. The third kappa shape index (κ3) is 4.88. The highest BCUT2D eigenvalue weighted by Crippen LogP contribution is 2.41. The number of hydrogen-bond acceptors (Lipinski definition) is 6. The number of aliphatic hydroxyl groups is 1. The summed E-state index contributed by atoms with van der Waals surface area (Å²) in [7, 11) is 0. The van der Waals surface area contributed by atoms with Crippen molar-refractivity contribution in [2.75, 3.05) is 39.4 Å². The quantitative estimate of drug-likeness (QED) is 0.379. The van der Waals surface area contributed by atoms with E-state index in [9.17, 15) is 24.2 Å². The summed E-state index contributed by atoms with van der Waals surface area (Å²) < 4.78 is 18.9. The molecule has 2 aliphatic rings. The molecule has 0 spiro atoms. The number of morpholine rings is 1. The van der Waals surface area contributed by atoms with Crippen LogP contribution in [0.15, 0.2) is 48.0 Å². The zero-order valence-corrected chi connectivity index (χ0v) is 18.6. The molecule has 0 bridgehead atoms. The number of phenolic OH excluding ortho intramolecular Hbond substituents is 1. The van der Waals surface area contributed by atoms with E-state index in [-0.39, 0.29) is 28.5 Å². The number of phenols is 1. The molecule has 7 nitrogen and oxygen atoms in total. The Hall–Kier alpha value is -2.94. The zero-order valence-electron chi connectivity index (χ0n) is 17.8. The first-order chi connectivity index (χ1) is 15.9. The number of carbonyl (C=O) groups is 2. The predicted octanol–water partition coefficient (Wildman–Crippen LogP) is 3.33. The lowest BCUT2D eigenvalue weighted by atomic mass is 9.95. The topological polar surface area (TPSA) is 90.3 Å². The lowest BCUT2D eigenvalue weighted by Gasteiger charge is -2.29. The number of ether oxygens (including phenoxy) is 1. The number of benzene rings is 2. The predicted molar refractivity (Wildman–Crippen MR) is 120 cm³/mol. The number of Topliss-reactive ketones (excluding diaryl/α,β-unsaturated/α-hetero) is 1. The number of hydrogen-bond donors (Lipinski definition) is 2. The molecule has 1 atom stereocenters. The van der Waals surface area contributed by atoms with Gasteiger partial charge in [-0.05, 0) is 42.3 Å². The average molecular weight is 475 g/mol. The molecule has 0 radical (unpaired) electrons. The Bertz CT molecular complexity index is 1080. The third-order valence-electron chi connectivity index (χ3n) is 5.92. The minimum atomic E-state index is -0.923. The number of aliphatic hydroxyl groups excluding tert-OH is 1. The van der Waals surface area contributed by atoms with Crippen molar-refractivity contribution in [3.63, 3.8) is 0 Å². The van der Waals surface area contributed by atoms with Crippen molar-refractivity contribution >= 4 is 29.1 Å². The first-order valence-corrected chi connectivity index (χ1v) is 11.1. The van der Waals surface area contributed by atoms with Crippen LogP contribution in [0.5, 0.6) is 5.75 Å². The fourth-order valence-electron chi connectivity index (χ4n) is 4.23. The maximum atomic E-state index is 13.6. The lowest BCUT2D eigenvalue weighted by molar-refractivity contribution is -0.140. The summed E-state index contributed by atoms with van der Waals surface area (Å²) in [6.45, 7) is 3.90. The van der Waals surface area contributed by atoms with Gasteiger partial charge in [-0.3, -0.25) is 14.5 Å². The van der Waals surface area contributed by atoms with Gasteiger partial charge in [0, 0.05) is 31.2 Å². The van der Waals surface area contributed by atoms with Crippen LogP contribution in [0.25, 0.3) is 5.76 Å². The van der Waals surface area contributed by atoms with Gasteiger partial charge in [0.15, 0.2) is 0 Å².